The number of ketones is 1. The molecule has 3 aromatic rings. The molecule has 5 nitrogen and oxygen atoms in total. The van der Waals surface area contributed by atoms with Crippen LogP contribution in [0.2, 0.25) is 0 Å². The van der Waals surface area contributed by atoms with E-state index in [2.05, 4.69) is 5.32 Å². The molecule has 0 radical (unpaired) electrons. The first-order valence-corrected chi connectivity index (χ1v) is 9.27. The van der Waals surface area contributed by atoms with Crippen LogP contribution < -0.4 is 5.32 Å². The molecule has 3 aromatic carbocycles. The number of amides is 1. The van der Waals surface area contributed by atoms with Crippen LogP contribution in [-0.2, 0) is 16.0 Å². The van der Waals surface area contributed by atoms with Crippen molar-refractivity contribution in [3.63, 3.8) is 0 Å². The molecular formula is C24H21NO4. The van der Waals surface area contributed by atoms with Gasteiger partial charge in [0.05, 0.1) is 12.0 Å². The Kier molecular flexibility index (Phi) is 6.53. The summed E-state index contributed by atoms with van der Waals surface area (Å²) in [6.07, 6.45) is -0.626. The molecule has 5 heteroatoms. The van der Waals surface area contributed by atoms with Crippen LogP contribution in [0.25, 0.3) is 0 Å². The number of Topliss-reactive ketones (excluding diaryl/α,β-unsaturated/α-hetero) is 1. The Hall–Kier alpha value is -3.73. The second-order valence-corrected chi connectivity index (χ2v) is 6.57. The van der Waals surface area contributed by atoms with Gasteiger partial charge in [-0.1, -0.05) is 60.7 Å². The number of esters is 1. The number of ether oxygens (including phenoxy) is 1. The summed E-state index contributed by atoms with van der Waals surface area (Å²) in [5, 5.41) is 2.79. The molecule has 0 fully saturated rings. The van der Waals surface area contributed by atoms with Gasteiger partial charge in [-0.25, -0.2) is 4.79 Å². The maximum atomic E-state index is 12.3. The van der Waals surface area contributed by atoms with E-state index in [1.807, 2.05) is 36.4 Å². The molecular weight excluding hydrogens is 366 g/mol. The molecule has 0 aliphatic heterocycles. The fourth-order valence-corrected chi connectivity index (χ4v) is 2.80. The van der Waals surface area contributed by atoms with E-state index in [9.17, 15) is 14.4 Å². The molecule has 0 aromatic heterocycles. The zero-order chi connectivity index (χ0) is 20.6. The lowest BCUT2D eigenvalue weighted by atomic mass is 10.1. The van der Waals surface area contributed by atoms with Gasteiger partial charge in [-0.3, -0.25) is 9.59 Å². The molecule has 0 spiro atoms. The summed E-state index contributed by atoms with van der Waals surface area (Å²) in [5.41, 5.74) is 2.29. The van der Waals surface area contributed by atoms with Crippen LogP contribution in [0.5, 0.6) is 0 Å². The molecule has 0 heterocycles. The minimum Gasteiger partial charge on any atom is -0.451 e. The van der Waals surface area contributed by atoms with Crippen LogP contribution in [0.1, 0.15) is 33.2 Å². The van der Waals surface area contributed by atoms with Gasteiger partial charge in [0, 0.05) is 11.3 Å². The van der Waals surface area contributed by atoms with Gasteiger partial charge in [-0.15, -0.1) is 0 Å². The van der Waals surface area contributed by atoms with E-state index in [4.69, 9.17) is 4.74 Å². The molecule has 3 rings (SSSR count). The second kappa shape index (κ2) is 9.46. The number of nitrogens with one attached hydrogen (secondary N) is 1. The SMILES string of the molecule is C[C@H](OC(=O)c1ccc(NC(=O)Cc2ccccc2)cc1)C(=O)c1ccccc1. The van der Waals surface area contributed by atoms with Crippen molar-refractivity contribution in [1.29, 1.82) is 0 Å². The van der Waals surface area contributed by atoms with Gasteiger partial charge >= 0.3 is 5.97 Å². The number of anilines is 1. The number of hydrogen-bond acceptors (Lipinski definition) is 4. The maximum Gasteiger partial charge on any atom is 0.338 e. The van der Waals surface area contributed by atoms with Crippen molar-refractivity contribution >= 4 is 23.3 Å². The molecule has 0 aliphatic rings. The predicted octanol–water partition coefficient (Wildman–Crippen LogP) is 4.30. The van der Waals surface area contributed by atoms with Gasteiger partial charge in [0.15, 0.2) is 6.10 Å². The van der Waals surface area contributed by atoms with Crippen LogP contribution in [0, 0.1) is 0 Å². The van der Waals surface area contributed by atoms with E-state index in [0.717, 1.165) is 5.56 Å². The van der Waals surface area contributed by atoms with Gasteiger partial charge in [-0.05, 0) is 36.8 Å². The van der Waals surface area contributed by atoms with Crippen LogP contribution in [0.4, 0.5) is 5.69 Å². The first-order valence-electron chi connectivity index (χ1n) is 9.27. The van der Waals surface area contributed by atoms with Gasteiger partial charge in [0.2, 0.25) is 11.7 Å². The molecule has 0 saturated heterocycles. The highest BCUT2D eigenvalue weighted by molar-refractivity contribution is 6.01. The van der Waals surface area contributed by atoms with Crippen molar-refractivity contribution in [3.05, 3.63) is 102 Å². The largest absolute Gasteiger partial charge is 0.451 e. The van der Waals surface area contributed by atoms with E-state index in [-0.39, 0.29) is 18.1 Å². The Morgan fingerprint density at radius 1 is 0.793 bits per heavy atom. The Morgan fingerprint density at radius 3 is 2.00 bits per heavy atom. The van der Waals surface area contributed by atoms with Crippen LogP contribution in [0.3, 0.4) is 0 Å². The normalized spacial score (nSPS) is 11.3. The van der Waals surface area contributed by atoms with Crippen molar-refractivity contribution < 1.29 is 19.1 Å². The third-order valence-electron chi connectivity index (χ3n) is 4.32. The summed E-state index contributed by atoms with van der Waals surface area (Å²) in [6, 6.07) is 24.5. The van der Waals surface area contributed by atoms with E-state index in [1.165, 1.54) is 0 Å². The zero-order valence-electron chi connectivity index (χ0n) is 16.0. The van der Waals surface area contributed by atoms with Crippen molar-refractivity contribution in [3.8, 4) is 0 Å². The van der Waals surface area contributed by atoms with E-state index in [0.29, 0.717) is 16.8 Å². The van der Waals surface area contributed by atoms with E-state index < -0.39 is 12.1 Å². The average Bonchev–Trinajstić information content (AvgIpc) is 2.75. The lowest BCUT2D eigenvalue weighted by molar-refractivity contribution is -0.115. The fourth-order valence-electron chi connectivity index (χ4n) is 2.80. The minimum atomic E-state index is -0.893. The molecule has 0 saturated carbocycles. The molecule has 29 heavy (non-hydrogen) atoms. The Morgan fingerprint density at radius 2 is 1.38 bits per heavy atom. The minimum absolute atomic E-state index is 0.145. The Labute approximate surface area is 169 Å². The highest BCUT2D eigenvalue weighted by atomic mass is 16.5. The Balaban J connectivity index is 1.55. The summed E-state index contributed by atoms with van der Waals surface area (Å²) >= 11 is 0. The molecule has 0 unspecified atom stereocenters. The lowest BCUT2D eigenvalue weighted by Gasteiger charge is -2.12. The van der Waals surface area contributed by atoms with Crippen molar-refractivity contribution in [1.82, 2.24) is 0 Å². The Bertz CT molecular complexity index is 982. The molecule has 1 atom stereocenters. The number of carbonyl (C=O) groups is 3. The summed E-state index contributed by atoms with van der Waals surface area (Å²) in [6.45, 7) is 1.55. The summed E-state index contributed by atoms with van der Waals surface area (Å²) < 4.78 is 5.28. The lowest BCUT2D eigenvalue weighted by Crippen LogP contribution is -2.24. The topological polar surface area (TPSA) is 72.5 Å². The quantitative estimate of drug-likeness (QED) is 0.485. The third kappa shape index (κ3) is 5.62. The van der Waals surface area contributed by atoms with Gasteiger partial charge in [0.1, 0.15) is 0 Å². The highest BCUT2D eigenvalue weighted by Gasteiger charge is 2.20. The van der Waals surface area contributed by atoms with Gasteiger partial charge < -0.3 is 10.1 Å². The molecule has 0 aliphatic carbocycles. The first kappa shape index (κ1) is 20.0. The smallest absolute Gasteiger partial charge is 0.338 e. The summed E-state index contributed by atoms with van der Waals surface area (Å²) in [7, 11) is 0. The van der Waals surface area contributed by atoms with Crippen LogP contribution >= 0.6 is 0 Å². The number of benzene rings is 3. The van der Waals surface area contributed by atoms with Crippen LogP contribution in [-0.4, -0.2) is 23.8 Å². The first-order chi connectivity index (χ1) is 14.0. The second-order valence-electron chi connectivity index (χ2n) is 6.57. The number of carbonyl (C=O) groups excluding carboxylic acids is 3. The standard InChI is InChI=1S/C24H21NO4/c1-17(23(27)19-10-6-3-7-11-19)29-24(28)20-12-14-21(15-13-20)25-22(26)16-18-8-4-2-5-9-18/h2-15,17H,16H2,1H3,(H,25,26)/t17-/m0/s1. The molecule has 1 N–H and O–H groups in total. The third-order valence-corrected chi connectivity index (χ3v) is 4.32. The number of hydrogen-bond donors (Lipinski definition) is 1. The molecule has 0 bridgehead atoms. The van der Waals surface area contributed by atoms with E-state index in [1.54, 1.807) is 55.5 Å². The van der Waals surface area contributed by atoms with Gasteiger partial charge in [-0.2, -0.15) is 0 Å². The van der Waals surface area contributed by atoms with Crippen molar-refractivity contribution in [2.75, 3.05) is 5.32 Å². The van der Waals surface area contributed by atoms with Gasteiger partial charge in [0.25, 0.3) is 0 Å². The zero-order valence-corrected chi connectivity index (χ0v) is 16.0. The predicted molar refractivity (Wildman–Crippen MR) is 111 cm³/mol. The molecule has 146 valence electrons. The fraction of sp³-hybridized carbons (Fsp3) is 0.125. The maximum absolute atomic E-state index is 12.3. The highest BCUT2D eigenvalue weighted by Crippen LogP contribution is 2.14. The van der Waals surface area contributed by atoms with Crippen molar-refractivity contribution in [2.24, 2.45) is 0 Å². The average molecular weight is 387 g/mol. The summed E-state index contributed by atoms with van der Waals surface area (Å²) in [4.78, 5) is 36.7. The summed E-state index contributed by atoms with van der Waals surface area (Å²) in [5.74, 6) is -0.999. The van der Waals surface area contributed by atoms with Crippen molar-refractivity contribution in [2.45, 2.75) is 19.4 Å². The number of rotatable bonds is 7. The van der Waals surface area contributed by atoms with Crippen LogP contribution in [0.15, 0.2) is 84.9 Å². The van der Waals surface area contributed by atoms with E-state index >= 15 is 0 Å². The molecule has 1 amide bonds. The monoisotopic (exact) mass is 387 g/mol.